The van der Waals surface area contributed by atoms with Gasteiger partial charge in [-0.05, 0) is 0 Å². The third kappa shape index (κ3) is 5.02. The third-order valence-electron chi connectivity index (χ3n) is 1.24. The van der Waals surface area contributed by atoms with Crippen LogP contribution in [0.2, 0.25) is 0 Å². The Balaban J connectivity index is 2.50. The molecule has 0 saturated carbocycles. The van der Waals surface area contributed by atoms with E-state index in [1.54, 1.807) is 0 Å². The Morgan fingerprint density at radius 2 is 1.83 bits per heavy atom. The molecule has 0 spiro atoms. The molecular weight excluding hydrogens is 368 g/mol. The summed E-state index contributed by atoms with van der Waals surface area (Å²) >= 11 is 8.11. The molecule has 0 aromatic heterocycles. The van der Waals surface area contributed by atoms with E-state index in [0.717, 1.165) is 0 Å². The van der Waals surface area contributed by atoms with E-state index in [4.69, 9.17) is 4.52 Å². The van der Waals surface area contributed by atoms with E-state index in [9.17, 15) is 0 Å². The summed E-state index contributed by atoms with van der Waals surface area (Å²) in [5.74, 6) is 0. The molecule has 0 fully saturated rings. The molecule has 0 atom stereocenters. The summed E-state index contributed by atoms with van der Waals surface area (Å²) in [5.41, 5.74) is 1.22. The van der Waals surface area contributed by atoms with Gasteiger partial charge in [0, 0.05) is 0 Å². The zero-order valence-corrected chi connectivity index (χ0v) is 12.6. The molecular formula is C7H9OPSe3. The number of hydrogen-bond acceptors (Lipinski definition) is 1. The first kappa shape index (κ1) is 11.2. The third-order valence-corrected chi connectivity index (χ3v) is 3.82. The fourth-order valence-electron chi connectivity index (χ4n) is 0.733. The molecule has 1 aromatic rings. The maximum atomic E-state index is 5.62. The van der Waals surface area contributed by atoms with Crippen molar-refractivity contribution < 1.29 is 4.52 Å². The van der Waals surface area contributed by atoms with E-state index < -0.39 is 3.11 Å². The SMILES string of the molecule is [Se]=P([SeH])([SeH])OCc1ccccc1. The predicted molar refractivity (Wildman–Crippen MR) is 58.2 cm³/mol. The average molecular weight is 377 g/mol. The molecule has 1 nitrogen and oxygen atoms in total. The molecule has 0 aliphatic carbocycles. The van der Waals surface area contributed by atoms with Gasteiger partial charge >= 0.3 is 96.4 Å². The number of rotatable bonds is 3. The molecule has 0 amide bonds. The monoisotopic (exact) mass is 380 g/mol. The summed E-state index contributed by atoms with van der Waals surface area (Å²) in [6.45, 7) is 0.686. The second kappa shape index (κ2) is 5.15. The van der Waals surface area contributed by atoms with Crippen LogP contribution in [0.3, 0.4) is 0 Å². The summed E-state index contributed by atoms with van der Waals surface area (Å²) in [5, 5.41) is 0. The molecule has 66 valence electrons. The van der Waals surface area contributed by atoms with E-state index in [1.807, 2.05) is 18.2 Å². The van der Waals surface area contributed by atoms with Crippen LogP contribution in [-0.4, -0.2) is 46.2 Å². The van der Waals surface area contributed by atoms with Crippen molar-refractivity contribution in [3.63, 3.8) is 0 Å². The van der Waals surface area contributed by atoms with Gasteiger partial charge in [-0.25, -0.2) is 0 Å². The molecule has 0 radical (unpaired) electrons. The van der Waals surface area contributed by atoms with Crippen LogP contribution in [0.1, 0.15) is 5.56 Å². The van der Waals surface area contributed by atoms with Crippen LogP contribution in [0.15, 0.2) is 30.3 Å². The van der Waals surface area contributed by atoms with E-state index in [1.165, 1.54) is 5.56 Å². The Kier molecular flexibility index (Phi) is 4.83. The van der Waals surface area contributed by atoms with Gasteiger partial charge in [0.2, 0.25) is 0 Å². The Hall–Kier alpha value is 1.17. The van der Waals surface area contributed by atoms with Gasteiger partial charge in [0.25, 0.3) is 0 Å². The zero-order chi connectivity index (χ0) is 9.03. The first-order valence-electron chi connectivity index (χ1n) is 3.32. The van der Waals surface area contributed by atoms with Crippen molar-refractivity contribution in [3.8, 4) is 0 Å². The summed E-state index contributed by atoms with van der Waals surface area (Å²) in [6.07, 6.45) is 0. The summed E-state index contributed by atoms with van der Waals surface area (Å²) in [6, 6.07) is 10.2. The average Bonchev–Trinajstić information content (AvgIpc) is 2.02. The molecule has 0 bridgehead atoms. The molecule has 1 aromatic carbocycles. The van der Waals surface area contributed by atoms with Crippen molar-refractivity contribution >= 4 is 49.4 Å². The Labute approximate surface area is 95.8 Å². The van der Waals surface area contributed by atoms with Crippen molar-refractivity contribution in [1.82, 2.24) is 0 Å². The van der Waals surface area contributed by atoms with Crippen molar-refractivity contribution in [2.75, 3.05) is 0 Å². The van der Waals surface area contributed by atoms with E-state index in [0.29, 0.717) is 6.61 Å². The van der Waals surface area contributed by atoms with Crippen molar-refractivity contribution in [2.24, 2.45) is 0 Å². The second-order valence-electron chi connectivity index (χ2n) is 2.25. The van der Waals surface area contributed by atoms with E-state index in [2.05, 4.69) is 58.4 Å². The molecule has 1 rings (SSSR count). The fourth-order valence-corrected chi connectivity index (χ4v) is 2.11. The Morgan fingerprint density at radius 3 is 2.33 bits per heavy atom. The van der Waals surface area contributed by atoms with Gasteiger partial charge in [-0.15, -0.1) is 0 Å². The van der Waals surface area contributed by atoms with Gasteiger partial charge in [0.15, 0.2) is 0 Å². The molecule has 0 aliphatic heterocycles. The quantitative estimate of drug-likeness (QED) is 0.561. The van der Waals surface area contributed by atoms with Crippen LogP contribution in [0.5, 0.6) is 0 Å². The Morgan fingerprint density at radius 1 is 1.25 bits per heavy atom. The summed E-state index contributed by atoms with van der Waals surface area (Å²) in [7, 11) is 0. The number of benzene rings is 1. The normalized spacial score (nSPS) is 11.5. The van der Waals surface area contributed by atoms with Crippen LogP contribution in [-0.2, 0) is 11.1 Å². The second-order valence-corrected chi connectivity index (χ2v) is 26.2. The standard InChI is InChI=1S/C7H9OPSe3/c10-9(11,12)8-6-7-4-2-1-3-5-7/h1-5H,6H2,(H2,10,11,12). The fraction of sp³-hybridized carbons (Fsp3) is 0.143. The van der Waals surface area contributed by atoms with Crippen LogP contribution >= 0.6 is 3.11 Å². The zero-order valence-electron chi connectivity index (χ0n) is 6.25. The maximum absolute atomic E-state index is 5.62. The minimum atomic E-state index is -1.33. The molecule has 0 unspecified atom stereocenters. The van der Waals surface area contributed by atoms with Gasteiger partial charge in [-0.1, -0.05) is 0 Å². The summed E-state index contributed by atoms with van der Waals surface area (Å²) in [4.78, 5) is 0. The predicted octanol–water partition coefficient (Wildman–Crippen LogP) is 0.851. The van der Waals surface area contributed by atoms with Crippen molar-refractivity contribution in [2.45, 2.75) is 6.61 Å². The summed E-state index contributed by atoms with van der Waals surface area (Å²) < 4.78 is 4.28. The van der Waals surface area contributed by atoms with Crippen molar-refractivity contribution in [3.05, 3.63) is 35.9 Å². The van der Waals surface area contributed by atoms with Gasteiger partial charge in [0.05, 0.1) is 0 Å². The van der Waals surface area contributed by atoms with Crippen LogP contribution in [0.4, 0.5) is 0 Å². The van der Waals surface area contributed by atoms with Gasteiger partial charge in [-0.2, -0.15) is 0 Å². The first-order chi connectivity index (χ1) is 5.58. The van der Waals surface area contributed by atoms with E-state index in [-0.39, 0.29) is 0 Å². The molecule has 0 heterocycles. The minimum absolute atomic E-state index is 0.686. The molecule has 0 N–H and O–H groups in total. The molecule has 0 saturated heterocycles. The van der Waals surface area contributed by atoms with Crippen molar-refractivity contribution in [1.29, 1.82) is 0 Å². The first-order valence-corrected chi connectivity index (χ1v) is 12.2. The van der Waals surface area contributed by atoms with Crippen LogP contribution in [0, 0.1) is 0 Å². The van der Waals surface area contributed by atoms with Gasteiger partial charge in [-0.3, -0.25) is 0 Å². The van der Waals surface area contributed by atoms with E-state index >= 15 is 0 Å². The molecule has 0 aliphatic rings. The molecule has 5 heteroatoms. The van der Waals surface area contributed by atoms with Gasteiger partial charge < -0.3 is 0 Å². The van der Waals surface area contributed by atoms with Crippen LogP contribution in [0.25, 0.3) is 0 Å². The number of hydrogen-bond donors (Lipinski definition) is 0. The Bertz CT molecular complexity index is 282. The molecule has 12 heavy (non-hydrogen) atoms. The van der Waals surface area contributed by atoms with Gasteiger partial charge in [0.1, 0.15) is 0 Å². The van der Waals surface area contributed by atoms with Crippen LogP contribution < -0.4 is 0 Å². The topological polar surface area (TPSA) is 9.23 Å².